The van der Waals surface area contributed by atoms with Gasteiger partial charge in [-0.2, -0.15) is 13.2 Å². The molecule has 1 aromatic rings. The van der Waals surface area contributed by atoms with E-state index in [1.807, 2.05) is 0 Å². The number of hydrogen-bond donors (Lipinski definition) is 0. The molecule has 0 aromatic heterocycles. The number of ketones is 1. The van der Waals surface area contributed by atoms with E-state index in [-0.39, 0.29) is 11.1 Å². The number of nitro groups is 1. The van der Waals surface area contributed by atoms with Crippen LogP contribution in [0.25, 0.3) is 0 Å². The summed E-state index contributed by atoms with van der Waals surface area (Å²) in [5, 5.41) is 10.5. The van der Waals surface area contributed by atoms with Gasteiger partial charge in [-0.1, -0.05) is 0 Å². The first-order valence-electron chi connectivity index (χ1n) is 4.51. The molecule has 0 saturated heterocycles. The largest absolute Gasteiger partial charge is 0.423 e. The standard InChI is InChI=1S/C10H8F3NO3/c1-5-3-8(10(11,12)13)9(14(16)17)4-7(5)6(2)15/h3-4H,1-2H3. The van der Waals surface area contributed by atoms with E-state index in [0.29, 0.717) is 12.1 Å². The van der Waals surface area contributed by atoms with Crippen molar-refractivity contribution in [2.45, 2.75) is 20.0 Å². The first-order chi connectivity index (χ1) is 7.64. The second-order valence-corrected chi connectivity index (χ2v) is 3.50. The van der Waals surface area contributed by atoms with Gasteiger partial charge in [0, 0.05) is 11.6 Å². The lowest BCUT2D eigenvalue weighted by Gasteiger charge is -2.10. The van der Waals surface area contributed by atoms with E-state index in [2.05, 4.69) is 0 Å². The fourth-order valence-corrected chi connectivity index (χ4v) is 1.45. The number of Topliss-reactive ketones (excluding diaryl/α,β-unsaturated/α-hetero) is 1. The van der Waals surface area contributed by atoms with E-state index in [1.54, 1.807) is 0 Å². The molecule has 0 aliphatic carbocycles. The summed E-state index contributed by atoms with van der Waals surface area (Å²) in [5.74, 6) is -0.515. The molecule has 0 heterocycles. The Balaban J connectivity index is 3.58. The molecular formula is C10H8F3NO3. The van der Waals surface area contributed by atoms with Gasteiger partial charge >= 0.3 is 6.18 Å². The number of hydrogen-bond acceptors (Lipinski definition) is 3. The highest BCUT2D eigenvalue weighted by Gasteiger charge is 2.39. The molecule has 92 valence electrons. The summed E-state index contributed by atoms with van der Waals surface area (Å²) >= 11 is 0. The Morgan fingerprint density at radius 3 is 2.24 bits per heavy atom. The molecule has 0 aliphatic heterocycles. The van der Waals surface area contributed by atoms with E-state index < -0.39 is 28.1 Å². The van der Waals surface area contributed by atoms with Crippen molar-refractivity contribution in [2.24, 2.45) is 0 Å². The topological polar surface area (TPSA) is 60.2 Å². The summed E-state index contributed by atoms with van der Waals surface area (Å²) in [6.45, 7) is 2.44. The first kappa shape index (κ1) is 13.1. The Bertz CT molecular complexity index is 494. The summed E-state index contributed by atoms with van der Waals surface area (Å²) in [4.78, 5) is 20.5. The van der Waals surface area contributed by atoms with Crippen molar-refractivity contribution >= 4 is 11.5 Å². The molecule has 17 heavy (non-hydrogen) atoms. The van der Waals surface area contributed by atoms with Crippen molar-refractivity contribution in [1.29, 1.82) is 0 Å². The number of nitro benzene ring substituents is 1. The van der Waals surface area contributed by atoms with Gasteiger partial charge in [-0.3, -0.25) is 14.9 Å². The molecule has 7 heteroatoms. The predicted molar refractivity (Wildman–Crippen MR) is 52.8 cm³/mol. The number of rotatable bonds is 2. The molecular weight excluding hydrogens is 239 g/mol. The maximum absolute atomic E-state index is 12.5. The summed E-state index contributed by atoms with van der Waals surface area (Å²) in [6, 6.07) is 1.29. The number of benzene rings is 1. The van der Waals surface area contributed by atoms with Crippen molar-refractivity contribution in [3.8, 4) is 0 Å². The van der Waals surface area contributed by atoms with Crippen molar-refractivity contribution in [2.75, 3.05) is 0 Å². The van der Waals surface area contributed by atoms with Crippen molar-refractivity contribution in [1.82, 2.24) is 0 Å². The molecule has 0 saturated carbocycles. The van der Waals surface area contributed by atoms with Crippen LogP contribution in [0.2, 0.25) is 0 Å². The summed E-state index contributed by atoms with van der Waals surface area (Å²) < 4.78 is 37.6. The van der Waals surface area contributed by atoms with Crippen molar-refractivity contribution in [3.05, 3.63) is 38.9 Å². The molecule has 0 spiro atoms. The highest BCUT2D eigenvalue weighted by atomic mass is 19.4. The minimum absolute atomic E-state index is 0.0652. The molecule has 1 rings (SSSR count). The van der Waals surface area contributed by atoms with Crippen LogP contribution in [0.15, 0.2) is 12.1 Å². The van der Waals surface area contributed by atoms with Crippen molar-refractivity contribution in [3.63, 3.8) is 0 Å². The van der Waals surface area contributed by atoms with Gasteiger partial charge in [0.15, 0.2) is 5.78 Å². The average Bonchev–Trinajstić information content (AvgIpc) is 2.14. The van der Waals surface area contributed by atoms with Gasteiger partial charge in [0.1, 0.15) is 5.56 Å². The van der Waals surface area contributed by atoms with Gasteiger partial charge in [-0.25, -0.2) is 0 Å². The molecule has 0 atom stereocenters. The lowest BCUT2D eigenvalue weighted by molar-refractivity contribution is -0.388. The van der Waals surface area contributed by atoms with E-state index in [4.69, 9.17) is 0 Å². The molecule has 0 unspecified atom stereocenters. The smallest absolute Gasteiger partial charge is 0.294 e. The minimum Gasteiger partial charge on any atom is -0.294 e. The Kier molecular flexibility index (Phi) is 3.21. The second-order valence-electron chi connectivity index (χ2n) is 3.50. The van der Waals surface area contributed by atoms with Crippen LogP contribution in [0.4, 0.5) is 18.9 Å². The molecule has 0 aliphatic rings. The molecule has 4 nitrogen and oxygen atoms in total. The number of halogens is 3. The van der Waals surface area contributed by atoms with Gasteiger partial charge in [0.2, 0.25) is 0 Å². The second kappa shape index (κ2) is 4.15. The molecule has 0 fully saturated rings. The molecule has 0 amide bonds. The maximum Gasteiger partial charge on any atom is 0.423 e. The number of alkyl halides is 3. The fourth-order valence-electron chi connectivity index (χ4n) is 1.45. The number of nitrogens with zero attached hydrogens (tertiary/aromatic N) is 1. The zero-order valence-corrected chi connectivity index (χ0v) is 8.96. The number of carbonyl (C=O) groups is 1. The highest BCUT2D eigenvalue weighted by Crippen LogP contribution is 2.37. The van der Waals surface area contributed by atoms with E-state index in [9.17, 15) is 28.1 Å². The van der Waals surface area contributed by atoms with Crippen LogP contribution in [0.1, 0.15) is 28.4 Å². The molecule has 0 N–H and O–H groups in total. The summed E-state index contributed by atoms with van der Waals surface area (Å²) in [7, 11) is 0. The molecule has 0 bridgehead atoms. The third-order valence-electron chi connectivity index (χ3n) is 2.22. The van der Waals surface area contributed by atoms with Gasteiger partial charge in [-0.05, 0) is 25.5 Å². The Morgan fingerprint density at radius 2 is 1.88 bits per heavy atom. The van der Waals surface area contributed by atoms with E-state index >= 15 is 0 Å². The van der Waals surface area contributed by atoms with Crippen LogP contribution < -0.4 is 0 Å². The lowest BCUT2D eigenvalue weighted by Crippen LogP contribution is -2.11. The Hall–Kier alpha value is -1.92. The quantitative estimate of drug-likeness (QED) is 0.458. The third kappa shape index (κ3) is 2.61. The SMILES string of the molecule is CC(=O)c1cc([N+](=O)[O-])c(C(F)(F)F)cc1C. The van der Waals surface area contributed by atoms with Crippen LogP contribution >= 0.6 is 0 Å². The number of carbonyl (C=O) groups excluding carboxylic acids is 1. The zero-order valence-electron chi connectivity index (χ0n) is 8.96. The molecule has 0 radical (unpaired) electrons. The first-order valence-corrected chi connectivity index (χ1v) is 4.51. The fraction of sp³-hybridized carbons (Fsp3) is 0.300. The predicted octanol–water partition coefficient (Wildman–Crippen LogP) is 3.12. The lowest BCUT2D eigenvalue weighted by atomic mass is 10.0. The van der Waals surface area contributed by atoms with E-state index in [0.717, 1.165) is 6.92 Å². The molecule has 1 aromatic carbocycles. The maximum atomic E-state index is 12.5. The van der Waals surface area contributed by atoms with Gasteiger partial charge in [0.25, 0.3) is 5.69 Å². The van der Waals surface area contributed by atoms with Crippen molar-refractivity contribution < 1.29 is 22.9 Å². The van der Waals surface area contributed by atoms with Gasteiger partial charge < -0.3 is 0 Å². The van der Waals surface area contributed by atoms with E-state index in [1.165, 1.54) is 6.92 Å². The van der Waals surface area contributed by atoms with Crippen LogP contribution in [-0.4, -0.2) is 10.7 Å². The third-order valence-corrected chi connectivity index (χ3v) is 2.22. The Labute approximate surface area is 94.2 Å². The number of aryl methyl sites for hydroxylation is 1. The van der Waals surface area contributed by atoms with Crippen LogP contribution in [0.3, 0.4) is 0 Å². The van der Waals surface area contributed by atoms with Crippen LogP contribution in [0, 0.1) is 17.0 Å². The normalized spacial score (nSPS) is 11.4. The average molecular weight is 247 g/mol. The Morgan fingerprint density at radius 1 is 1.35 bits per heavy atom. The monoisotopic (exact) mass is 247 g/mol. The summed E-state index contributed by atoms with van der Waals surface area (Å²) in [6.07, 6.45) is -4.82. The van der Waals surface area contributed by atoms with Gasteiger partial charge in [0.05, 0.1) is 4.92 Å². The highest BCUT2D eigenvalue weighted by molar-refractivity contribution is 5.96. The van der Waals surface area contributed by atoms with Crippen LogP contribution in [0.5, 0.6) is 0 Å². The zero-order chi connectivity index (χ0) is 13.4. The minimum atomic E-state index is -4.82. The van der Waals surface area contributed by atoms with Crippen LogP contribution in [-0.2, 0) is 6.18 Å². The summed E-state index contributed by atoms with van der Waals surface area (Å²) in [5.41, 5.74) is -2.46. The van der Waals surface area contributed by atoms with Gasteiger partial charge in [-0.15, -0.1) is 0 Å².